The van der Waals surface area contributed by atoms with Crippen molar-refractivity contribution in [1.29, 1.82) is 0 Å². The van der Waals surface area contributed by atoms with E-state index in [4.69, 9.17) is 10.2 Å². The average Bonchev–Trinajstić information content (AvgIpc) is 2.85. The Morgan fingerprint density at radius 2 is 2.11 bits per heavy atom. The molecule has 1 aromatic carbocycles. The minimum absolute atomic E-state index is 0.178. The summed E-state index contributed by atoms with van der Waals surface area (Å²) in [5.74, 6) is 0.584. The van der Waals surface area contributed by atoms with Crippen molar-refractivity contribution in [3.8, 4) is 0 Å². The molecule has 2 aromatic rings. The van der Waals surface area contributed by atoms with E-state index in [9.17, 15) is 8.42 Å². The lowest BCUT2D eigenvalue weighted by Gasteiger charge is -2.16. The fourth-order valence-corrected chi connectivity index (χ4v) is 3.25. The van der Waals surface area contributed by atoms with E-state index in [2.05, 4.69) is 15.9 Å². The molecule has 0 aliphatic heterocycles. The number of nitrogen functional groups attached to an aromatic ring is 1. The minimum Gasteiger partial charge on any atom is -0.468 e. The van der Waals surface area contributed by atoms with Gasteiger partial charge in [-0.2, -0.15) is 4.31 Å². The van der Waals surface area contributed by atoms with E-state index in [0.29, 0.717) is 15.9 Å². The summed E-state index contributed by atoms with van der Waals surface area (Å²) in [7, 11) is -2.06. The molecule has 0 spiro atoms. The molecule has 0 radical (unpaired) electrons. The third-order valence-corrected chi connectivity index (χ3v) is 5.12. The van der Waals surface area contributed by atoms with Gasteiger partial charge in [-0.1, -0.05) is 0 Å². The van der Waals surface area contributed by atoms with Gasteiger partial charge in [-0.25, -0.2) is 8.42 Å². The van der Waals surface area contributed by atoms with Crippen molar-refractivity contribution in [3.05, 3.63) is 46.8 Å². The average molecular weight is 345 g/mol. The van der Waals surface area contributed by atoms with E-state index in [-0.39, 0.29) is 11.4 Å². The maximum absolute atomic E-state index is 12.3. The molecule has 102 valence electrons. The topological polar surface area (TPSA) is 76.5 Å². The smallest absolute Gasteiger partial charge is 0.243 e. The van der Waals surface area contributed by atoms with Crippen LogP contribution in [0.1, 0.15) is 5.76 Å². The van der Waals surface area contributed by atoms with Gasteiger partial charge in [-0.05, 0) is 46.3 Å². The van der Waals surface area contributed by atoms with Crippen LogP contribution in [-0.2, 0) is 16.6 Å². The van der Waals surface area contributed by atoms with Crippen LogP contribution in [0.4, 0.5) is 5.69 Å². The summed E-state index contributed by atoms with van der Waals surface area (Å²) in [4.78, 5) is 0.183. The van der Waals surface area contributed by atoms with E-state index >= 15 is 0 Å². The van der Waals surface area contributed by atoms with E-state index in [0.717, 1.165) is 0 Å². The summed E-state index contributed by atoms with van der Waals surface area (Å²) >= 11 is 3.22. The minimum atomic E-state index is -3.57. The number of rotatable bonds is 4. The lowest BCUT2D eigenvalue weighted by Crippen LogP contribution is -2.26. The van der Waals surface area contributed by atoms with E-state index in [1.165, 1.54) is 29.7 Å². The SMILES string of the molecule is CN(Cc1ccco1)S(=O)(=O)c1ccc(N)c(Br)c1. The molecule has 5 nitrogen and oxygen atoms in total. The molecule has 19 heavy (non-hydrogen) atoms. The van der Waals surface area contributed by atoms with Crippen molar-refractivity contribution >= 4 is 31.6 Å². The molecule has 0 amide bonds. The molecule has 2 rings (SSSR count). The van der Waals surface area contributed by atoms with Gasteiger partial charge in [-0.3, -0.25) is 0 Å². The molecule has 1 aromatic heterocycles. The Kier molecular flexibility index (Phi) is 3.98. The molecule has 0 unspecified atom stereocenters. The zero-order chi connectivity index (χ0) is 14.0. The Morgan fingerprint density at radius 3 is 2.68 bits per heavy atom. The molecule has 0 bridgehead atoms. The second kappa shape index (κ2) is 5.36. The molecule has 0 saturated heterocycles. The Morgan fingerprint density at radius 1 is 1.37 bits per heavy atom. The number of anilines is 1. The first kappa shape index (κ1) is 14.1. The Bertz CT molecular complexity index is 668. The second-order valence-electron chi connectivity index (χ2n) is 4.02. The molecule has 0 atom stereocenters. The number of furan rings is 1. The van der Waals surface area contributed by atoms with Crippen LogP contribution < -0.4 is 5.73 Å². The number of halogens is 1. The molecular formula is C12H13BrN2O3S. The van der Waals surface area contributed by atoms with E-state index in [1.54, 1.807) is 18.2 Å². The normalized spacial score (nSPS) is 11.9. The second-order valence-corrected chi connectivity index (χ2v) is 6.92. The highest BCUT2D eigenvalue weighted by molar-refractivity contribution is 9.10. The van der Waals surface area contributed by atoms with Gasteiger partial charge in [0.2, 0.25) is 10.0 Å². The first-order valence-corrected chi connectivity index (χ1v) is 7.68. The van der Waals surface area contributed by atoms with Gasteiger partial charge >= 0.3 is 0 Å². The van der Waals surface area contributed by atoms with Gasteiger partial charge in [0.25, 0.3) is 0 Å². The van der Waals surface area contributed by atoms with Crippen LogP contribution in [0, 0.1) is 0 Å². The van der Waals surface area contributed by atoms with Gasteiger partial charge in [0, 0.05) is 17.2 Å². The molecular weight excluding hydrogens is 332 g/mol. The number of benzene rings is 1. The number of nitrogens with two attached hydrogens (primary N) is 1. The Hall–Kier alpha value is -1.31. The zero-order valence-electron chi connectivity index (χ0n) is 10.2. The van der Waals surface area contributed by atoms with Gasteiger partial charge in [0.1, 0.15) is 5.76 Å². The monoisotopic (exact) mass is 344 g/mol. The number of nitrogens with zero attached hydrogens (tertiary/aromatic N) is 1. The summed E-state index contributed by atoms with van der Waals surface area (Å²) in [6.45, 7) is 0.178. The highest BCUT2D eigenvalue weighted by Crippen LogP contribution is 2.25. The molecule has 0 aliphatic carbocycles. The first-order chi connectivity index (χ1) is 8.91. The fraction of sp³-hybridized carbons (Fsp3) is 0.167. The molecule has 0 aliphatic rings. The highest BCUT2D eigenvalue weighted by Gasteiger charge is 2.22. The predicted octanol–water partition coefficient (Wildman–Crippen LogP) is 2.45. The highest BCUT2D eigenvalue weighted by atomic mass is 79.9. The number of sulfonamides is 1. The van der Waals surface area contributed by atoms with Gasteiger partial charge in [0.05, 0.1) is 17.7 Å². The van der Waals surface area contributed by atoms with Crippen molar-refractivity contribution in [3.63, 3.8) is 0 Å². The van der Waals surface area contributed by atoms with E-state index in [1.807, 2.05) is 0 Å². The quantitative estimate of drug-likeness (QED) is 0.864. The molecule has 0 fully saturated rings. The third-order valence-electron chi connectivity index (χ3n) is 2.64. The van der Waals surface area contributed by atoms with Crippen LogP contribution in [-0.4, -0.2) is 19.8 Å². The lowest BCUT2D eigenvalue weighted by atomic mass is 10.3. The van der Waals surface area contributed by atoms with E-state index < -0.39 is 10.0 Å². The van der Waals surface area contributed by atoms with Crippen LogP contribution in [0.3, 0.4) is 0 Å². The van der Waals surface area contributed by atoms with Crippen LogP contribution in [0.5, 0.6) is 0 Å². The summed E-state index contributed by atoms with van der Waals surface area (Å²) in [6, 6.07) is 7.97. The van der Waals surface area contributed by atoms with Gasteiger partial charge < -0.3 is 10.2 Å². The summed E-state index contributed by atoms with van der Waals surface area (Å²) in [5, 5.41) is 0. The predicted molar refractivity (Wildman–Crippen MR) is 75.9 cm³/mol. The zero-order valence-corrected chi connectivity index (χ0v) is 12.6. The van der Waals surface area contributed by atoms with Crippen LogP contribution in [0.25, 0.3) is 0 Å². The molecule has 7 heteroatoms. The summed E-state index contributed by atoms with van der Waals surface area (Å²) < 4.78 is 31.6. The maximum Gasteiger partial charge on any atom is 0.243 e. The number of hydrogen-bond donors (Lipinski definition) is 1. The fourth-order valence-electron chi connectivity index (χ4n) is 1.56. The van der Waals surface area contributed by atoms with Gasteiger partial charge in [0.15, 0.2) is 0 Å². The molecule has 2 N–H and O–H groups in total. The summed E-state index contributed by atoms with van der Waals surface area (Å²) in [5.41, 5.74) is 6.14. The standard InChI is InChI=1S/C12H13BrN2O3S/c1-15(8-9-3-2-6-18-9)19(16,17)10-4-5-12(14)11(13)7-10/h2-7H,8,14H2,1H3. The van der Waals surface area contributed by atoms with Crippen molar-refractivity contribution in [2.45, 2.75) is 11.4 Å². The third kappa shape index (κ3) is 2.99. The van der Waals surface area contributed by atoms with Crippen molar-refractivity contribution in [1.82, 2.24) is 4.31 Å². The molecule has 1 heterocycles. The first-order valence-electron chi connectivity index (χ1n) is 5.45. The van der Waals surface area contributed by atoms with Gasteiger partial charge in [-0.15, -0.1) is 0 Å². The largest absolute Gasteiger partial charge is 0.468 e. The lowest BCUT2D eigenvalue weighted by molar-refractivity contribution is 0.406. The Labute approximate surface area is 120 Å². The van der Waals surface area contributed by atoms with Crippen LogP contribution in [0.15, 0.2) is 50.4 Å². The van der Waals surface area contributed by atoms with Crippen LogP contribution >= 0.6 is 15.9 Å². The maximum atomic E-state index is 12.3. The van der Waals surface area contributed by atoms with Crippen molar-refractivity contribution in [2.75, 3.05) is 12.8 Å². The summed E-state index contributed by atoms with van der Waals surface area (Å²) in [6.07, 6.45) is 1.51. The number of hydrogen-bond acceptors (Lipinski definition) is 4. The van der Waals surface area contributed by atoms with Crippen molar-refractivity contribution in [2.24, 2.45) is 0 Å². The Balaban J connectivity index is 2.28. The van der Waals surface area contributed by atoms with Crippen molar-refractivity contribution < 1.29 is 12.8 Å². The molecule has 0 saturated carbocycles. The van der Waals surface area contributed by atoms with Crippen LogP contribution in [0.2, 0.25) is 0 Å².